The zero-order valence-electron chi connectivity index (χ0n) is 19.1. The Morgan fingerprint density at radius 3 is 2.80 bits per heavy atom. The Morgan fingerprint density at radius 2 is 1.97 bits per heavy atom. The fourth-order valence-electron chi connectivity index (χ4n) is 3.31. The van der Waals surface area contributed by atoms with Crippen LogP contribution in [0.5, 0.6) is 11.5 Å². The number of amides is 1. The number of rotatable bonds is 11. The number of carbonyl (C=O) groups excluding carboxylic acids is 1. The van der Waals surface area contributed by atoms with Crippen LogP contribution in [0.4, 0.5) is 5.13 Å². The summed E-state index contributed by atoms with van der Waals surface area (Å²) >= 11 is 2.94. The van der Waals surface area contributed by atoms with Crippen molar-refractivity contribution >= 4 is 51.1 Å². The maximum atomic E-state index is 12.0. The first-order valence-electron chi connectivity index (χ1n) is 11.0. The minimum atomic E-state index is -0.300. The molecule has 0 aliphatic heterocycles. The van der Waals surface area contributed by atoms with E-state index in [4.69, 9.17) is 15.2 Å². The number of carbonyl (C=O) groups is 1. The topological polar surface area (TPSA) is 112 Å². The van der Waals surface area contributed by atoms with Gasteiger partial charge in [0.05, 0.1) is 25.8 Å². The van der Waals surface area contributed by atoms with Crippen LogP contribution >= 0.6 is 23.1 Å². The molecule has 0 aliphatic carbocycles. The molecule has 0 fully saturated rings. The number of nitrogens with zero attached hydrogens (tertiary/aromatic N) is 3. The van der Waals surface area contributed by atoms with Gasteiger partial charge in [-0.05, 0) is 47.5 Å². The molecule has 0 saturated carbocycles. The van der Waals surface area contributed by atoms with Crippen molar-refractivity contribution in [1.82, 2.24) is 15.6 Å². The Bertz CT molecular complexity index is 1320. The molecular weight excluding hydrogens is 482 g/mol. The second-order valence-corrected chi connectivity index (χ2v) is 9.55. The third-order valence-electron chi connectivity index (χ3n) is 4.81. The van der Waals surface area contributed by atoms with Crippen LogP contribution in [0.2, 0.25) is 0 Å². The van der Waals surface area contributed by atoms with E-state index >= 15 is 0 Å². The normalized spacial score (nSPS) is 11.1. The number of ether oxygens (including phenoxy) is 2. The first-order chi connectivity index (χ1) is 17.1. The molecule has 1 aromatic heterocycles. The van der Waals surface area contributed by atoms with Crippen LogP contribution in [-0.4, -0.2) is 41.3 Å². The summed E-state index contributed by atoms with van der Waals surface area (Å²) in [6.07, 6.45) is 1.62. The van der Waals surface area contributed by atoms with Gasteiger partial charge in [-0.1, -0.05) is 47.7 Å². The molecule has 4 aromatic rings. The van der Waals surface area contributed by atoms with Crippen molar-refractivity contribution in [2.24, 2.45) is 5.10 Å². The zero-order valence-corrected chi connectivity index (χ0v) is 20.8. The molecule has 3 aromatic carbocycles. The summed E-state index contributed by atoms with van der Waals surface area (Å²) in [4.78, 5) is 13.2. The SMILES string of the molecule is CCOc1cc(/C=N\NC(=O)Cc2nnc(N)s2)ccc1OCCSc1cccc2ccccc12. The van der Waals surface area contributed by atoms with Crippen LogP contribution in [0, 0.1) is 0 Å². The second-order valence-electron chi connectivity index (χ2n) is 7.32. The van der Waals surface area contributed by atoms with Crippen molar-refractivity contribution in [2.45, 2.75) is 18.2 Å². The summed E-state index contributed by atoms with van der Waals surface area (Å²) in [6.45, 7) is 2.96. The highest BCUT2D eigenvalue weighted by molar-refractivity contribution is 7.99. The lowest BCUT2D eigenvalue weighted by Crippen LogP contribution is -2.19. The smallest absolute Gasteiger partial charge is 0.247 e. The Morgan fingerprint density at radius 1 is 1.11 bits per heavy atom. The number of anilines is 1. The van der Waals surface area contributed by atoms with Gasteiger partial charge in [-0.2, -0.15) is 5.10 Å². The molecule has 0 unspecified atom stereocenters. The van der Waals surface area contributed by atoms with Gasteiger partial charge in [-0.15, -0.1) is 22.0 Å². The van der Waals surface area contributed by atoms with Gasteiger partial charge in [0.2, 0.25) is 11.0 Å². The molecule has 0 saturated heterocycles. The molecule has 35 heavy (non-hydrogen) atoms. The summed E-state index contributed by atoms with van der Waals surface area (Å²) in [5, 5.41) is 14.9. The number of aromatic nitrogens is 2. The Hall–Kier alpha value is -3.63. The quantitative estimate of drug-likeness (QED) is 0.133. The molecule has 4 rings (SSSR count). The summed E-state index contributed by atoms with van der Waals surface area (Å²) in [5.74, 6) is 1.79. The summed E-state index contributed by atoms with van der Waals surface area (Å²) in [6, 6.07) is 20.2. The van der Waals surface area contributed by atoms with E-state index in [2.05, 4.69) is 57.1 Å². The molecular formula is C25H25N5O3S2. The van der Waals surface area contributed by atoms with Crippen LogP contribution in [0.25, 0.3) is 10.8 Å². The monoisotopic (exact) mass is 507 g/mol. The number of nitrogens with two attached hydrogens (primary N) is 1. The van der Waals surface area contributed by atoms with Crippen LogP contribution in [-0.2, 0) is 11.2 Å². The number of nitrogens with one attached hydrogen (secondary N) is 1. The zero-order chi connectivity index (χ0) is 24.5. The van der Waals surface area contributed by atoms with Crippen molar-refractivity contribution in [2.75, 3.05) is 24.7 Å². The van der Waals surface area contributed by atoms with E-state index in [9.17, 15) is 4.79 Å². The van der Waals surface area contributed by atoms with Crippen molar-refractivity contribution in [3.63, 3.8) is 0 Å². The highest BCUT2D eigenvalue weighted by atomic mass is 32.2. The summed E-state index contributed by atoms with van der Waals surface area (Å²) < 4.78 is 11.8. The Labute approximate surface area is 211 Å². The summed E-state index contributed by atoms with van der Waals surface area (Å²) in [5.41, 5.74) is 8.78. The first-order valence-corrected chi connectivity index (χ1v) is 12.8. The standard InChI is InChI=1S/C25H25N5O3S2/c1-2-32-21-14-17(16-27-28-23(31)15-24-29-30-25(26)35-24)10-11-20(21)33-12-13-34-22-9-5-7-18-6-3-4-8-19(18)22/h3-11,14,16H,2,12-13,15H2,1H3,(H2,26,30)(H,28,31)/b27-16-. The van der Waals surface area contributed by atoms with Gasteiger partial charge in [0.25, 0.3) is 0 Å². The number of nitrogen functional groups attached to an aromatic ring is 1. The maximum Gasteiger partial charge on any atom is 0.247 e. The van der Waals surface area contributed by atoms with Crippen molar-refractivity contribution < 1.29 is 14.3 Å². The predicted molar refractivity (Wildman–Crippen MR) is 142 cm³/mol. The Balaban J connectivity index is 1.31. The molecule has 180 valence electrons. The molecule has 0 bridgehead atoms. The fraction of sp³-hybridized carbons (Fsp3) is 0.200. The number of hydrazone groups is 1. The Kier molecular flexibility index (Phi) is 8.53. The van der Waals surface area contributed by atoms with E-state index in [1.54, 1.807) is 18.0 Å². The number of fused-ring (bicyclic) bond motifs is 1. The number of hydrogen-bond acceptors (Lipinski definition) is 9. The maximum absolute atomic E-state index is 12.0. The average molecular weight is 508 g/mol. The molecule has 1 heterocycles. The molecule has 10 heteroatoms. The lowest BCUT2D eigenvalue weighted by atomic mass is 10.1. The van der Waals surface area contributed by atoms with Gasteiger partial charge >= 0.3 is 0 Å². The highest BCUT2D eigenvalue weighted by Gasteiger charge is 2.09. The molecule has 0 radical (unpaired) electrons. The van der Waals surface area contributed by atoms with E-state index < -0.39 is 0 Å². The van der Waals surface area contributed by atoms with Gasteiger partial charge < -0.3 is 15.2 Å². The van der Waals surface area contributed by atoms with E-state index in [1.165, 1.54) is 27.0 Å². The third-order valence-corrected chi connectivity index (χ3v) is 6.60. The van der Waals surface area contributed by atoms with Crippen molar-refractivity contribution in [3.8, 4) is 11.5 Å². The number of hydrogen-bond donors (Lipinski definition) is 2. The highest BCUT2D eigenvalue weighted by Crippen LogP contribution is 2.30. The molecule has 0 atom stereocenters. The van der Waals surface area contributed by atoms with E-state index in [0.29, 0.717) is 34.9 Å². The molecule has 0 spiro atoms. The average Bonchev–Trinajstić information content (AvgIpc) is 3.27. The summed E-state index contributed by atoms with van der Waals surface area (Å²) in [7, 11) is 0. The van der Waals surface area contributed by atoms with Crippen LogP contribution in [0.1, 0.15) is 17.5 Å². The second kappa shape index (κ2) is 12.2. The van der Waals surface area contributed by atoms with E-state index in [-0.39, 0.29) is 12.3 Å². The largest absolute Gasteiger partial charge is 0.490 e. The van der Waals surface area contributed by atoms with Gasteiger partial charge in [0.1, 0.15) is 5.01 Å². The lowest BCUT2D eigenvalue weighted by Gasteiger charge is -2.13. The van der Waals surface area contributed by atoms with Crippen molar-refractivity contribution in [3.05, 3.63) is 71.2 Å². The van der Waals surface area contributed by atoms with Crippen LogP contribution in [0.15, 0.2) is 70.7 Å². The predicted octanol–water partition coefficient (Wildman–Crippen LogP) is 4.54. The van der Waals surface area contributed by atoms with Crippen LogP contribution < -0.4 is 20.6 Å². The van der Waals surface area contributed by atoms with Crippen LogP contribution in [0.3, 0.4) is 0 Å². The molecule has 8 nitrogen and oxygen atoms in total. The number of thioether (sulfide) groups is 1. The van der Waals surface area contributed by atoms with Gasteiger partial charge in [0, 0.05) is 10.6 Å². The van der Waals surface area contributed by atoms with Gasteiger partial charge in [-0.25, -0.2) is 5.43 Å². The van der Waals surface area contributed by atoms with E-state index in [0.717, 1.165) is 11.3 Å². The minimum absolute atomic E-state index is 0.0694. The molecule has 1 amide bonds. The van der Waals surface area contributed by atoms with Gasteiger partial charge in [0.15, 0.2) is 11.5 Å². The fourth-order valence-corrected chi connectivity index (χ4v) is 4.82. The number of benzene rings is 3. The minimum Gasteiger partial charge on any atom is -0.490 e. The van der Waals surface area contributed by atoms with Crippen molar-refractivity contribution in [1.29, 1.82) is 0 Å². The molecule has 3 N–H and O–H groups in total. The molecule has 0 aliphatic rings. The lowest BCUT2D eigenvalue weighted by molar-refractivity contribution is -0.120. The van der Waals surface area contributed by atoms with E-state index in [1.807, 2.05) is 31.2 Å². The van der Waals surface area contributed by atoms with Gasteiger partial charge in [-0.3, -0.25) is 4.79 Å². The third kappa shape index (κ3) is 6.93. The first kappa shape index (κ1) is 24.5.